The fourth-order valence-corrected chi connectivity index (χ4v) is 2.39. The molecule has 5 nitrogen and oxygen atoms in total. The molecule has 2 aromatic heterocycles. The smallest absolute Gasteiger partial charge is 0.287 e. The molecule has 1 N–H and O–H groups in total. The molecule has 0 spiro atoms. The predicted octanol–water partition coefficient (Wildman–Crippen LogP) is 2.58. The molecule has 19 heavy (non-hydrogen) atoms. The lowest BCUT2D eigenvalue weighted by Gasteiger charge is -1.99. The number of carbonyl (C=O) groups is 1. The number of carbonyl (C=O) groups excluding carboxylic acids is 1. The van der Waals surface area contributed by atoms with E-state index in [1.165, 1.54) is 18.5 Å². The average Bonchev–Trinajstić information content (AvgIpc) is 3.03. The maximum Gasteiger partial charge on any atom is 0.287 e. The van der Waals surface area contributed by atoms with Gasteiger partial charge in [-0.1, -0.05) is 0 Å². The second-order valence-corrected chi connectivity index (χ2v) is 5.53. The maximum absolute atomic E-state index is 11.8. The Morgan fingerprint density at radius 1 is 1.58 bits per heavy atom. The number of hydrogen-bond donors (Lipinski definition) is 1. The largest absolute Gasteiger partial charge is 0.444 e. The lowest BCUT2D eigenvalue weighted by molar-refractivity contribution is 0.0921. The standard InChI is InChI=1S/C13H14BrN3O2/c1-17-10(8-2-3-8)6-9(16-17)7-15-13(18)11-4-5-12(14)19-11/h4-6,8H,2-3,7H2,1H3,(H,15,18). The summed E-state index contributed by atoms with van der Waals surface area (Å²) in [7, 11) is 1.95. The van der Waals surface area contributed by atoms with Crippen LogP contribution in [0.4, 0.5) is 0 Å². The Hall–Kier alpha value is -1.56. The first-order valence-corrected chi connectivity index (χ1v) is 6.99. The molecule has 0 unspecified atom stereocenters. The molecule has 0 aromatic carbocycles. The molecule has 0 saturated heterocycles. The fraction of sp³-hybridized carbons (Fsp3) is 0.385. The summed E-state index contributed by atoms with van der Waals surface area (Å²) in [5.74, 6) is 0.720. The number of rotatable bonds is 4. The third-order valence-electron chi connectivity index (χ3n) is 3.19. The van der Waals surface area contributed by atoms with E-state index in [-0.39, 0.29) is 5.91 Å². The van der Waals surface area contributed by atoms with Gasteiger partial charge in [0, 0.05) is 18.7 Å². The number of furan rings is 1. The molecule has 0 atom stereocenters. The zero-order chi connectivity index (χ0) is 13.4. The van der Waals surface area contributed by atoms with E-state index in [1.807, 2.05) is 11.7 Å². The van der Waals surface area contributed by atoms with Gasteiger partial charge >= 0.3 is 0 Å². The second kappa shape index (κ2) is 4.85. The first-order chi connectivity index (χ1) is 9.13. The van der Waals surface area contributed by atoms with Crippen molar-refractivity contribution in [2.75, 3.05) is 0 Å². The van der Waals surface area contributed by atoms with Gasteiger partial charge in [-0.15, -0.1) is 0 Å². The van der Waals surface area contributed by atoms with Crippen molar-refractivity contribution in [1.82, 2.24) is 15.1 Å². The van der Waals surface area contributed by atoms with Crippen LogP contribution in [0.3, 0.4) is 0 Å². The van der Waals surface area contributed by atoms with E-state index < -0.39 is 0 Å². The van der Waals surface area contributed by atoms with E-state index in [2.05, 4.69) is 32.4 Å². The summed E-state index contributed by atoms with van der Waals surface area (Å²) in [6, 6.07) is 5.39. The van der Waals surface area contributed by atoms with Gasteiger partial charge in [0.2, 0.25) is 0 Å². The molecule has 6 heteroatoms. The Bertz CT molecular complexity index is 613. The molecular formula is C13H14BrN3O2. The summed E-state index contributed by atoms with van der Waals surface area (Å²) in [6.45, 7) is 0.414. The van der Waals surface area contributed by atoms with E-state index in [4.69, 9.17) is 4.42 Å². The Labute approximate surface area is 119 Å². The van der Waals surface area contributed by atoms with E-state index in [9.17, 15) is 4.79 Å². The lowest BCUT2D eigenvalue weighted by Crippen LogP contribution is -2.22. The topological polar surface area (TPSA) is 60.1 Å². The summed E-state index contributed by atoms with van der Waals surface area (Å²) >= 11 is 3.17. The minimum Gasteiger partial charge on any atom is -0.444 e. The fourth-order valence-electron chi connectivity index (χ4n) is 2.09. The number of hydrogen-bond acceptors (Lipinski definition) is 3. The van der Waals surface area contributed by atoms with Crippen molar-refractivity contribution >= 4 is 21.8 Å². The maximum atomic E-state index is 11.8. The van der Waals surface area contributed by atoms with Crippen LogP contribution in [0.25, 0.3) is 0 Å². The van der Waals surface area contributed by atoms with Crippen molar-refractivity contribution < 1.29 is 9.21 Å². The molecule has 1 aliphatic rings. The number of nitrogens with zero attached hydrogens (tertiary/aromatic N) is 2. The van der Waals surface area contributed by atoms with Gasteiger partial charge in [-0.25, -0.2) is 0 Å². The van der Waals surface area contributed by atoms with Crippen LogP contribution in [0.2, 0.25) is 0 Å². The Morgan fingerprint density at radius 2 is 2.37 bits per heavy atom. The van der Waals surface area contributed by atoms with Crippen molar-refractivity contribution in [1.29, 1.82) is 0 Å². The van der Waals surface area contributed by atoms with E-state index in [0.717, 1.165) is 5.69 Å². The Balaban J connectivity index is 1.62. The van der Waals surface area contributed by atoms with Gasteiger partial charge in [0.1, 0.15) is 0 Å². The predicted molar refractivity (Wildman–Crippen MR) is 72.8 cm³/mol. The number of nitrogens with one attached hydrogen (secondary N) is 1. The number of aromatic nitrogens is 2. The third-order valence-corrected chi connectivity index (χ3v) is 3.62. The average molecular weight is 324 g/mol. The Morgan fingerprint density at radius 3 is 3.00 bits per heavy atom. The van der Waals surface area contributed by atoms with Crippen molar-refractivity contribution in [2.45, 2.75) is 25.3 Å². The minimum atomic E-state index is -0.232. The Kier molecular flexibility index (Phi) is 3.18. The van der Waals surface area contributed by atoms with Gasteiger partial charge in [0.15, 0.2) is 10.4 Å². The van der Waals surface area contributed by atoms with Crippen molar-refractivity contribution in [2.24, 2.45) is 7.05 Å². The van der Waals surface area contributed by atoms with Gasteiger partial charge < -0.3 is 9.73 Å². The van der Waals surface area contributed by atoms with E-state index in [0.29, 0.717) is 22.9 Å². The molecule has 100 valence electrons. The zero-order valence-electron chi connectivity index (χ0n) is 10.5. The third kappa shape index (κ3) is 2.73. The molecule has 2 heterocycles. The van der Waals surface area contributed by atoms with Gasteiger partial charge in [-0.2, -0.15) is 5.10 Å². The summed E-state index contributed by atoms with van der Waals surface area (Å²) in [4.78, 5) is 11.8. The molecule has 0 radical (unpaired) electrons. The molecule has 1 aliphatic carbocycles. The number of aryl methyl sites for hydroxylation is 1. The van der Waals surface area contributed by atoms with Crippen LogP contribution in [0.5, 0.6) is 0 Å². The molecule has 1 amide bonds. The molecule has 0 aliphatic heterocycles. The molecule has 1 fully saturated rings. The zero-order valence-corrected chi connectivity index (χ0v) is 12.1. The molecule has 3 rings (SSSR count). The first kappa shape index (κ1) is 12.5. The van der Waals surface area contributed by atoms with Crippen LogP contribution in [-0.4, -0.2) is 15.7 Å². The van der Waals surface area contributed by atoms with Crippen LogP contribution in [0, 0.1) is 0 Å². The van der Waals surface area contributed by atoms with Gasteiger partial charge in [0.05, 0.1) is 12.2 Å². The monoisotopic (exact) mass is 323 g/mol. The van der Waals surface area contributed by atoms with Gasteiger partial charge in [-0.3, -0.25) is 9.48 Å². The minimum absolute atomic E-state index is 0.232. The number of halogens is 1. The quantitative estimate of drug-likeness (QED) is 0.940. The van der Waals surface area contributed by atoms with Crippen molar-refractivity contribution in [3.63, 3.8) is 0 Å². The molecule has 2 aromatic rings. The SMILES string of the molecule is Cn1nc(CNC(=O)c2ccc(Br)o2)cc1C1CC1. The van der Waals surface area contributed by atoms with Gasteiger partial charge in [-0.05, 0) is 47.0 Å². The second-order valence-electron chi connectivity index (χ2n) is 4.74. The highest BCUT2D eigenvalue weighted by Gasteiger charge is 2.27. The van der Waals surface area contributed by atoms with Crippen molar-refractivity contribution in [3.05, 3.63) is 40.0 Å². The van der Waals surface area contributed by atoms with Gasteiger partial charge in [0.25, 0.3) is 5.91 Å². The lowest BCUT2D eigenvalue weighted by atomic mass is 10.2. The molecule has 0 bridgehead atoms. The molecule has 1 saturated carbocycles. The summed E-state index contributed by atoms with van der Waals surface area (Å²) in [5, 5.41) is 7.20. The van der Waals surface area contributed by atoms with Crippen LogP contribution < -0.4 is 5.32 Å². The highest BCUT2D eigenvalue weighted by atomic mass is 79.9. The van der Waals surface area contributed by atoms with Crippen LogP contribution >= 0.6 is 15.9 Å². The van der Waals surface area contributed by atoms with Crippen LogP contribution in [0.15, 0.2) is 27.3 Å². The highest BCUT2D eigenvalue weighted by molar-refractivity contribution is 9.10. The van der Waals surface area contributed by atoms with Crippen LogP contribution in [-0.2, 0) is 13.6 Å². The van der Waals surface area contributed by atoms with Crippen LogP contribution in [0.1, 0.15) is 40.7 Å². The molecular weight excluding hydrogens is 310 g/mol. The normalized spacial score (nSPS) is 14.6. The van der Waals surface area contributed by atoms with E-state index >= 15 is 0 Å². The van der Waals surface area contributed by atoms with Crippen molar-refractivity contribution in [3.8, 4) is 0 Å². The summed E-state index contributed by atoms with van der Waals surface area (Å²) < 4.78 is 7.64. The summed E-state index contributed by atoms with van der Waals surface area (Å²) in [5.41, 5.74) is 2.13. The number of amides is 1. The van der Waals surface area contributed by atoms with E-state index in [1.54, 1.807) is 12.1 Å². The first-order valence-electron chi connectivity index (χ1n) is 6.20. The highest BCUT2D eigenvalue weighted by Crippen LogP contribution is 2.39. The summed E-state index contributed by atoms with van der Waals surface area (Å²) in [6.07, 6.45) is 2.48.